The largest absolute Gasteiger partial charge is 0.508 e. The Hall–Kier alpha value is -2.30. The van der Waals surface area contributed by atoms with Gasteiger partial charge in [0.1, 0.15) is 11.4 Å². The van der Waals surface area contributed by atoms with E-state index in [2.05, 4.69) is 5.32 Å². The predicted octanol–water partition coefficient (Wildman–Crippen LogP) is 1.69. The highest BCUT2D eigenvalue weighted by Gasteiger charge is 2.32. The van der Waals surface area contributed by atoms with Crippen LogP contribution in [0.1, 0.15) is 18.9 Å². The number of benzene rings is 1. The molecule has 1 aromatic carbocycles. The maximum atomic E-state index is 11.9. The van der Waals surface area contributed by atoms with E-state index in [4.69, 9.17) is 5.11 Å². The summed E-state index contributed by atoms with van der Waals surface area (Å²) in [5, 5.41) is 11.7. The smallest absolute Gasteiger partial charge is 0.329 e. The van der Waals surface area contributed by atoms with Gasteiger partial charge in [-0.1, -0.05) is 19.1 Å². The number of aromatic hydroxyl groups is 1. The van der Waals surface area contributed by atoms with Gasteiger partial charge < -0.3 is 10.4 Å². The topological polar surface area (TPSA) is 69.6 Å². The minimum absolute atomic E-state index is 0.159. The van der Waals surface area contributed by atoms with Crippen LogP contribution >= 0.6 is 0 Å². The molecule has 2 rings (SSSR count). The summed E-state index contributed by atoms with van der Waals surface area (Å²) in [7, 11) is 0. The van der Waals surface area contributed by atoms with Crippen molar-refractivity contribution in [2.75, 3.05) is 6.54 Å². The number of imide groups is 1. The van der Waals surface area contributed by atoms with E-state index in [9.17, 15) is 9.59 Å². The number of nitrogens with one attached hydrogen (secondary N) is 1. The Morgan fingerprint density at radius 1 is 1.28 bits per heavy atom. The average Bonchev–Trinajstić information content (AvgIpc) is 2.60. The van der Waals surface area contributed by atoms with Gasteiger partial charge in [0.2, 0.25) is 0 Å². The summed E-state index contributed by atoms with van der Waals surface area (Å²) in [5.41, 5.74) is 1.01. The molecule has 0 atom stereocenters. The summed E-state index contributed by atoms with van der Waals surface area (Å²) in [5.74, 6) is -0.151. The lowest BCUT2D eigenvalue weighted by Crippen LogP contribution is -2.31. The van der Waals surface area contributed by atoms with Gasteiger partial charge in [-0.15, -0.1) is 0 Å². The van der Waals surface area contributed by atoms with Gasteiger partial charge in [-0.3, -0.25) is 9.69 Å². The molecule has 3 amide bonds. The number of nitrogens with zero attached hydrogens (tertiary/aromatic N) is 1. The maximum absolute atomic E-state index is 11.9. The lowest BCUT2D eigenvalue weighted by atomic mass is 10.2. The Bertz CT molecular complexity index is 505. The lowest BCUT2D eigenvalue weighted by molar-refractivity contribution is -0.122. The molecule has 0 saturated carbocycles. The van der Waals surface area contributed by atoms with E-state index in [-0.39, 0.29) is 23.4 Å². The molecule has 2 N–H and O–H groups in total. The SMILES string of the molecule is CCCN1C(=O)N/C(=C/c2ccc(O)cc2)C1=O. The number of carbonyl (C=O) groups is 2. The minimum atomic E-state index is -0.383. The summed E-state index contributed by atoms with van der Waals surface area (Å²) < 4.78 is 0. The molecule has 1 aromatic rings. The van der Waals surface area contributed by atoms with Crippen molar-refractivity contribution in [2.45, 2.75) is 13.3 Å². The standard InChI is InChI=1S/C13H14N2O3/c1-2-7-15-12(17)11(14-13(15)18)8-9-3-5-10(16)6-4-9/h3-6,8,16H,2,7H2,1H3,(H,14,18)/b11-8+. The van der Waals surface area contributed by atoms with E-state index in [1.807, 2.05) is 6.92 Å². The quantitative estimate of drug-likeness (QED) is 0.630. The molecule has 0 radical (unpaired) electrons. The number of urea groups is 1. The van der Waals surface area contributed by atoms with Crippen molar-refractivity contribution < 1.29 is 14.7 Å². The van der Waals surface area contributed by atoms with Crippen molar-refractivity contribution in [1.82, 2.24) is 10.2 Å². The second-order valence-corrected chi connectivity index (χ2v) is 4.04. The Morgan fingerprint density at radius 3 is 2.56 bits per heavy atom. The van der Waals surface area contributed by atoms with Gasteiger partial charge in [0.05, 0.1) is 0 Å². The van der Waals surface area contributed by atoms with E-state index in [0.717, 1.165) is 12.0 Å². The van der Waals surface area contributed by atoms with Crippen LogP contribution in [0.5, 0.6) is 5.75 Å². The van der Waals surface area contributed by atoms with Crippen molar-refractivity contribution >= 4 is 18.0 Å². The van der Waals surface area contributed by atoms with Gasteiger partial charge in [0.15, 0.2) is 0 Å². The first-order valence-corrected chi connectivity index (χ1v) is 5.75. The molecule has 1 saturated heterocycles. The van der Waals surface area contributed by atoms with Crippen LogP contribution in [0.4, 0.5) is 4.79 Å². The molecule has 5 nitrogen and oxygen atoms in total. The lowest BCUT2D eigenvalue weighted by Gasteiger charge is -2.08. The Labute approximate surface area is 105 Å². The van der Waals surface area contributed by atoms with Crippen LogP contribution in [0.25, 0.3) is 6.08 Å². The molecule has 0 unspecified atom stereocenters. The number of hydrogen-bond acceptors (Lipinski definition) is 3. The highest BCUT2D eigenvalue weighted by molar-refractivity contribution is 6.13. The highest BCUT2D eigenvalue weighted by atomic mass is 16.3. The summed E-state index contributed by atoms with van der Waals surface area (Å²) >= 11 is 0. The van der Waals surface area contributed by atoms with Gasteiger partial charge in [0.25, 0.3) is 5.91 Å². The van der Waals surface area contributed by atoms with Crippen LogP contribution in [0, 0.1) is 0 Å². The van der Waals surface area contributed by atoms with E-state index in [1.165, 1.54) is 17.0 Å². The van der Waals surface area contributed by atoms with Gasteiger partial charge in [0, 0.05) is 6.54 Å². The molecule has 0 bridgehead atoms. The van der Waals surface area contributed by atoms with Crippen molar-refractivity contribution in [2.24, 2.45) is 0 Å². The number of phenolic OH excluding ortho intramolecular Hbond substituents is 1. The zero-order valence-corrected chi connectivity index (χ0v) is 10.0. The highest BCUT2D eigenvalue weighted by Crippen LogP contribution is 2.16. The minimum Gasteiger partial charge on any atom is -0.508 e. The Kier molecular flexibility index (Phi) is 3.32. The van der Waals surface area contributed by atoms with Gasteiger partial charge in [-0.05, 0) is 30.2 Å². The zero-order chi connectivity index (χ0) is 13.1. The molecule has 1 aliphatic rings. The molecule has 5 heteroatoms. The second-order valence-electron chi connectivity index (χ2n) is 4.04. The van der Waals surface area contributed by atoms with Crippen LogP contribution in [-0.4, -0.2) is 28.5 Å². The van der Waals surface area contributed by atoms with Crippen LogP contribution in [0.15, 0.2) is 30.0 Å². The van der Waals surface area contributed by atoms with Gasteiger partial charge in [-0.2, -0.15) is 0 Å². The fourth-order valence-corrected chi connectivity index (χ4v) is 1.74. The molecule has 1 fully saturated rings. The van der Waals surface area contributed by atoms with Gasteiger partial charge in [-0.25, -0.2) is 4.79 Å². The first kappa shape index (κ1) is 12.2. The first-order chi connectivity index (χ1) is 8.61. The molecular weight excluding hydrogens is 232 g/mol. The maximum Gasteiger partial charge on any atom is 0.329 e. The molecule has 0 aromatic heterocycles. The van der Waals surface area contributed by atoms with Crippen LogP contribution in [0.2, 0.25) is 0 Å². The monoisotopic (exact) mass is 246 g/mol. The fourth-order valence-electron chi connectivity index (χ4n) is 1.74. The third-order valence-corrected chi connectivity index (χ3v) is 2.61. The van der Waals surface area contributed by atoms with Crippen LogP contribution in [-0.2, 0) is 4.79 Å². The summed E-state index contributed by atoms with van der Waals surface area (Å²) in [6.07, 6.45) is 2.32. The zero-order valence-electron chi connectivity index (χ0n) is 10.0. The van der Waals surface area contributed by atoms with Crippen LogP contribution in [0.3, 0.4) is 0 Å². The summed E-state index contributed by atoms with van der Waals surface area (Å²) in [6.45, 7) is 2.32. The molecular formula is C13H14N2O3. The summed E-state index contributed by atoms with van der Waals surface area (Å²) in [4.78, 5) is 24.6. The molecule has 1 aliphatic heterocycles. The van der Waals surface area contributed by atoms with Crippen LogP contribution < -0.4 is 5.32 Å². The number of phenols is 1. The summed E-state index contributed by atoms with van der Waals surface area (Å²) in [6, 6.07) is 6.01. The Balaban J connectivity index is 2.22. The average molecular weight is 246 g/mol. The molecule has 0 aliphatic carbocycles. The normalized spacial score (nSPS) is 17.4. The molecule has 94 valence electrons. The third-order valence-electron chi connectivity index (χ3n) is 2.61. The molecule has 1 heterocycles. The number of hydrogen-bond donors (Lipinski definition) is 2. The predicted molar refractivity (Wildman–Crippen MR) is 66.6 cm³/mol. The van der Waals surface area contributed by atoms with Crippen molar-refractivity contribution in [3.8, 4) is 5.75 Å². The molecule has 0 spiro atoms. The van der Waals surface area contributed by atoms with E-state index < -0.39 is 0 Å². The van der Waals surface area contributed by atoms with Crippen molar-refractivity contribution in [3.63, 3.8) is 0 Å². The van der Waals surface area contributed by atoms with E-state index in [0.29, 0.717) is 6.54 Å². The number of carbonyl (C=O) groups excluding carboxylic acids is 2. The third kappa shape index (κ3) is 2.34. The van der Waals surface area contributed by atoms with Gasteiger partial charge >= 0.3 is 6.03 Å². The molecule has 18 heavy (non-hydrogen) atoms. The first-order valence-electron chi connectivity index (χ1n) is 5.75. The van der Waals surface area contributed by atoms with E-state index >= 15 is 0 Å². The van der Waals surface area contributed by atoms with E-state index in [1.54, 1.807) is 18.2 Å². The van der Waals surface area contributed by atoms with Crippen molar-refractivity contribution in [3.05, 3.63) is 35.5 Å². The Morgan fingerprint density at radius 2 is 1.94 bits per heavy atom. The second kappa shape index (κ2) is 4.91. The van der Waals surface area contributed by atoms with Crippen molar-refractivity contribution in [1.29, 1.82) is 0 Å². The number of rotatable bonds is 3. The fraction of sp³-hybridized carbons (Fsp3) is 0.231. The number of amides is 3.